The fraction of sp³-hybridized carbons (Fsp3) is 0.132. The van der Waals surface area contributed by atoms with Gasteiger partial charge in [-0.25, -0.2) is 23.7 Å². The average molecular weight is 611 g/mol. The summed E-state index contributed by atoms with van der Waals surface area (Å²) in [7, 11) is 3.25. The Bertz CT molecular complexity index is 2260. The predicted molar refractivity (Wildman–Crippen MR) is 176 cm³/mol. The topological polar surface area (TPSA) is 62.1 Å². The molecule has 5 aromatic carbocycles. The van der Waals surface area contributed by atoms with Gasteiger partial charge in [0, 0.05) is 32.9 Å². The van der Waals surface area contributed by atoms with Crippen LogP contribution in [0.2, 0.25) is 0 Å². The van der Waals surface area contributed by atoms with Crippen molar-refractivity contribution in [3.05, 3.63) is 120 Å². The molecule has 0 saturated carbocycles. The largest absolute Gasteiger partial charge is 0.497 e. The Hall–Kier alpha value is -5.63. The Morgan fingerprint density at radius 3 is 1.70 bits per heavy atom. The quantitative estimate of drug-likeness (QED) is 0.195. The van der Waals surface area contributed by atoms with E-state index in [4.69, 9.17) is 24.4 Å². The second-order valence-corrected chi connectivity index (χ2v) is 12.0. The molecule has 1 aliphatic heterocycles. The summed E-state index contributed by atoms with van der Waals surface area (Å²) in [6.45, 7) is 4.18. The molecule has 1 aliphatic rings. The van der Waals surface area contributed by atoms with Gasteiger partial charge < -0.3 is 14.0 Å². The molecule has 0 aliphatic carbocycles. The Labute approximate surface area is 263 Å². The highest BCUT2D eigenvalue weighted by Gasteiger charge is 2.36. The Morgan fingerprint density at radius 2 is 1.11 bits per heavy atom. The smallest absolute Gasteiger partial charge is 0.164 e. The lowest BCUT2D eigenvalue weighted by atomic mass is 9.74. The summed E-state index contributed by atoms with van der Waals surface area (Å²) in [5, 5.41) is 1.37. The second kappa shape index (κ2) is 10.2. The van der Waals surface area contributed by atoms with Crippen LogP contribution in [0.15, 0.2) is 97.1 Å². The van der Waals surface area contributed by atoms with Crippen molar-refractivity contribution in [2.75, 3.05) is 14.2 Å². The minimum atomic E-state index is -0.584. The molecule has 226 valence electrons. The molecule has 8 rings (SSSR count). The highest BCUT2D eigenvalue weighted by atomic mass is 19.1. The van der Waals surface area contributed by atoms with Crippen molar-refractivity contribution >= 4 is 21.8 Å². The van der Waals surface area contributed by atoms with Crippen molar-refractivity contribution in [3.63, 3.8) is 0 Å². The third kappa shape index (κ3) is 4.24. The highest BCUT2D eigenvalue weighted by Crippen LogP contribution is 2.48. The van der Waals surface area contributed by atoms with Crippen LogP contribution in [0, 0.1) is 11.6 Å². The Balaban J connectivity index is 1.35. The molecule has 3 heterocycles. The number of benzene rings is 5. The normalized spacial score (nSPS) is 13.2. The van der Waals surface area contributed by atoms with Gasteiger partial charge in [0.05, 0.1) is 30.9 Å². The zero-order chi connectivity index (χ0) is 31.7. The molecule has 7 aromatic rings. The minimum absolute atomic E-state index is 0.357. The van der Waals surface area contributed by atoms with Crippen LogP contribution in [0.5, 0.6) is 11.5 Å². The summed E-state index contributed by atoms with van der Waals surface area (Å²) in [5.41, 5.74) is 6.29. The number of rotatable bonds is 5. The summed E-state index contributed by atoms with van der Waals surface area (Å²) >= 11 is 0. The van der Waals surface area contributed by atoms with E-state index >= 15 is 4.39 Å². The number of halogens is 2. The number of hydrogen-bond acceptors (Lipinski definition) is 5. The Kier molecular flexibility index (Phi) is 6.19. The molecule has 46 heavy (non-hydrogen) atoms. The lowest BCUT2D eigenvalue weighted by Gasteiger charge is -2.35. The SMILES string of the molecule is COc1ccc(-c2nc(-c3ccc(OC)cc3)nc(-c3ccc4c(c3)C(C)(C)c3cc(F)cc5c6cc(F)ccc6n-4c35)n2)cc1. The molecule has 8 heteroatoms. The van der Waals surface area contributed by atoms with Crippen LogP contribution in [-0.4, -0.2) is 33.7 Å². The second-order valence-electron chi connectivity index (χ2n) is 12.0. The maximum Gasteiger partial charge on any atom is 0.164 e. The fourth-order valence-corrected chi connectivity index (χ4v) is 6.57. The van der Waals surface area contributed by atoms with E-state index in [0.717, 1.165) is 56.0 Å². The summed E-state index contributed by atoms with van der Waals surface area (Å²) in [5.74, 6) is 2.28. The third-order valence-electron chi connectivity index (χ3n) is 8.96. The number of aromatic nitrogens is 4. The predicted octanol–water partition coefficient (Wildman–Crippen LogP) is 8.90. The Morgan fingerprint density at radius 1 is 0.565 bits per heavy atom. The van der Waals surface area contributed by atoms with Crippen molar-refractivity contribution in [1.29, 1.82) is 0 Å². The lowest BCUT2D eigenvalue weighted by Crippen LogP contribution is -2.26. The van der Waals surface area contributed by atoms with Gasteiger partial charge in [0.1, 0.15) is 23.1 Å². The van der Waals surface area contributed by atoms with Crippen LogP contribution < -0.4 is 9.47 Å². The first-order chi connectivity index (χ1) is 22.2. The van der Waals surface area contributed by atoms with Gasteiger partial charge in [-0.3, -0.25) is 0 Å². The summed E-state index contributed by atoms with van der Waals surface area (Å²) < 4.78 is 42.4. The first-order valence-corrected chi connectivity index (χ1v) is 14.9. The van der Waals surface area contributed by atoms with Gasteiger partial charge in [-0.2, -0.15) is 0 Å². The van der Waals surface area contributed by atoms with Crippen LogP contribution in [0.3, 0.4) is 0 Å². The number of methoxy groups -OCH3 is 2. The first-order valence-electron chi connectivity index (χ1n) is 14.9. The summed E-state index contributed by atoms with van der Waals surface area (Å²) in [6, 6.07) is 29.1. The number of hydrogen-bond donors (Lipinski definition) is 0. The van der Waals surface area contributed by atoms with Crippen molar-refractivity contribution in [2.24, 2.45) is 0 Å². The molecule has 0 bridgehead atoms. The van der Waals surface area contributed by atoms with Crippen molar-refractivity contribution < 1.29 is 18.3 Å². The van der Waals surface area contributed by atoms with E-state index in [1.54, 1.807) is 26.4 Å². The van der Waals surface area contributed by atoms with E-state index in [2.05, 4.69) is 24.5 Å². The van der Waals surface area contributed by atoms with Gasteiger partial charge in [-0.1, -0.05) is 13.8 Å². The molecular weight excluding hydrogens is 582 g/mol. The van der Waals surface area contributed by atoms with Crippen molar-refractivity contribution in [1.82, 2.24) is 19.5 Å². The molecule has 0 spiro atoms. The van der Waals surface area contributed by atoms with Crippen LogP contribution in [0.1, 0.15) is 25.0 Å². The van der Waals surface area contributed by atoms with Crippen LogP contribution in [0.4, 0.5) is 8.78 Å². The first kappa shape index (κ1) is 27.9. The zero-order valence-electron chi connectivity index (χ0n) is 25.6. The van der Waals surface area contributed by atoms with E-state index in [0.29, 0.717) is 28.2 Å². The summed E-state index contributed by atoms with van der Waals surface area (Å²) in [6.07, 6.45) is 0. The van der Waals surface area contributed by atoms with Crippen LogP contribution in [-0.2, 0) is 5.41 Å². The molecule has 0 atom stereocenters. The van der Waals surface area contributed by atoms with Gasteiger partial charge in [0.25, 0.3) is 0 Å². The van der Waals surface area contributed by atoms with Gasteiger partial charge in [-0.15, -0.1) is 0 Å². The van der Waals surface area contributed by atoms with E-state index in [-0.39, 0.29) is 11.6 Å². The molecular formula is C38H28F2N4O2. The van der Waals surface area contributed by atoms with Crippen LogP contribution in [0.25, 0.3) is 61.7 Å². The van der Waals surface area contributed by atoms with Gasteiger partial charge in [0.15, 0.2) is 17.5 Å². The average Bonchev–Trinajstić information content (AvgIpc) is 3.40. The molecule has 0 saturated heterocycles. The van der Waals surface area contributed by atoms with E-state index < -0.39 is 5.41 Å². The third-order valence-corrected chi connectivity index (χ3v) is 8.96. The summed E-state index contributed by atoms with van der Waals surface area (Å²) in [4.78, 5) is 14.7. The molecule has 0 unspecified atom stereocenters. The lowest BCUT2D eigenvalue weighted by molar-refractivity contribution is 0.415. The van der Waals surface area contributed by atoms with Gasteiger partial charge in [0.2, 0.25) is 0 Å². The maximum absolute atomic E-state index is 15.2. The maximum atomic E-state index is 15.2. The molecule has 0 radical (unpaired) electrons. The molecule has 0 N–H and O–H groups in total. The van der Waals surface area contributed by atoms with Crippen molar-refractivity contribution in [2.45, 2.75) is 19.3 Å². The minimum Gasteiger partial charge on any atom is -0.497 e. The monoisotopic (exact) mass is 610 g/mol. The van der Waals surface area contributed by atoms with E-state index in [9.17, 15) is 4.39 Å². The number of ether oxygens (including phenoxy) is 2. The van der Waals surface area contributed by atoms with Crippen LogP contribution >= 0.6 is 0 Å². The zero-order valence-corrected chi connectivity index (χ0v) is 25.6. The number of nitrogens with zero attached hydrogens (tertiary/aromatic N) is 4. The number of fused-ring (bicyclic) bond motifs is 5. The molecule has 0 fully saturated rings. The van der Waals surface area contributed by atoms with Crippen molar-refractivity contribution in [3.8, 4) is 51.3 Å². The molecule has 6 nitrogen and oxygen atoms in total. The van der Waals surface area contributed by atoms with E-state index in [1.165, 1.54) is 18.2 Å². The van der Waals surface area contributed by atoms with E-state index in [1.807, 2.05) is 60.7 Å². The molecule has 2 aromatic heterocycles. The fourth-order valence-electron chi connectivity index (χ4n) is 6.57. The standard InChI is InChI=1S/C38H28F2N4O2/c1-38(2)30-17-23(9-15-33(30)44-32-16-10-24(39)18-28(32)29-19-25(40)20-31(38)34(29)44)37-42-35(21-5-11-26(45-3)12-6-21)41-36(43-37)22-7-13-27(46-4)14-8-22/h5-20H,1-4H3. The van der Waals surface area contributed by atoms with Gasteiger partial charge in [-0.05, 0) is 108 Å². The molecule has 0 amide bonds. The highest BCUT2D eigenvalue weighted by molar-refractivity contribution is 6.11. The van der Waals surface area contributed by atoms with Gasteiger partial charge >= 0.3 is 0 Å².